The number of rotatable bonds is 17. The number of hydrogen-bond donors (Lipinski definition) is 4. The van der Waals surface area contributed by atoms with Gasteiger partial charge in [0.15, 0.2) is 11.5 Å². The molecule has 2 heterocycles. The molecule has 0 aliphatic carbocycles. The van der Waals surface area contributed by atoms with Crippen molar-refractivity contribution in [2.75, 3.05) is 31.0 Å². The first-order chi connectivity index (χ1) is 30.8. The minimum absolute atomic E-state index is 0.0820. The van der Waals surface area contributed by atoms with E-state index in [1.807, 2.05) is 47.4 Å². The maximum Gasteiger partial charge on any atom is 0.414 e. The molecular weight excluding hydrogens is 819 g/mol. The van der Waals surface area contributed by atoms with E-state index in [0.29, 0.717) is 59.8 Å². The lowest BCUT2D eigenvalue weighted by Crippen LogP contribution is -2.51. The van der Waals surface area contributed by atoms with Crippen molar-refractivity contribution in [1.82, 2.24) is 15.5 Å². The van der Waals surface area contributed by atoms with E-state index in [4.69, 9.17) is 14.2 Å². The van der Waals surface area contributed by atoms with E-state index in [1.54, 1.807) is 61.2 Å². The largest absolute Gasteiger partial charge is 0.493 e. The molecule has 0 spiro atoms. The summed E-state index contributed by atoms with van der Waals surface area (Å²) >= 11 is 0. The first-order valence-electron chi connectivity index (χ1n) is 21.4. The summed E-state index contributed by atoms with van der Waals surface area (Å²) in [6, 6.07) is 25.8. The number of fused-ring (bicyclic) bond motifs is 3. The van der Waals surface area contributed by atoms with Gasteiger partial charge in [0.1, 0.15) is 31.5 Å². The van der Waals surface area contributed by atoms with Crippen molar-refractivity contribution in [1.29, 1.82) is 0 Å². The molecular formula is C49H57N5O10. The van der Waals surface area contributed by atoms with E-state index < -0.39 is 36.2 Å². The summed E-state index contributed by atoms with van der Waals surface area (Å²) in [7, 11) is 2.84. The monoisotopic (exact) mass is 875 g/mol. The normalized spacial score (nSPS) is 16.2. The van der Waals surface area contributed by atoms with Crippen molar-refractivity contribution in [3.8, 4) is 11.5 Å². The number of nitrogens with one attached hydrogen (secondary N) is 3. The number of hydrogen-bond acceptors (Lipinski definition) is 11. The quantitative estimate of drug-likeness (QED) is 0.0518. The van der Waals surface area contributed by atoms with E-state index in [2.05, 4.69) is 32.8 Å². The van der Waals surface area contributed by atoms with Crippen LogP contribution in [0.2, 0.25) is 0 Å². The molecule has 4 aromatic carbocycles. The maximum absolute atomic E-state index is 14.2. The Kier molecular flexibility index (Phi) is 16.1. The second kappa shape index (κ2) is 22.1. The molecule has 2 aliphatic rings. The van der Waals surface area contributed by atoms with Crippen molar-refractivity contribution in [3.63, 3.8) is 0 Å². The Morgan fingerprint density at radius 1 is 0.812 bits per heavy atom. The van der Waals surface area contributed by atoms with Crippen LogP contribution in [0.4, 0.5) is 16.2 Å². The lowest BCUT2D eigenvalue weighted by Gasteiger charge is -2.38. The number of ether oxygens (including phenoxy) is 4. The summed E-state index contributed by atoms with van der Waals surface area (Å²) in [5, 5.41) is 20.1. The lowest BCUT2D eigenvalue weighted by atomic mass is 9.93. The van der Waals surface area contributed by atoms with Crippen LogP contribution in [-0.2, 0) is 54.8 Å². The van der Waals surface area contributed by atoms with Gasteiger partial charge < -0.3 is 40.0 Å². The molecule has 15 heteroatoms. The van der Waals surface area contributed by atoms with Crippen LogP contribution in [0.3, 0.4) is 0 Å². The predicted octanol–water partition coefficient (Wildman–Crippen LogP) is 6.48. The summed E-state index contributed by atoms with van der Waals surface area (Å²) in [5.74, 6) is -0.926. The zero-order chi connectivity index (χ0) is 45.8. The topological polar surface area (TPSA) is 185 Å². The fraction of sp³-hybridized carbons (Fsp3) is 0.367. The highest BCUT2D eigenvalue weighted by Gasteiger charge is 2.40. The highest BCUT2D eigenvalue weighted by molar-refractivity contribution is 5.98. The Morgan fingerprint density at radius 3 is 2.20 bits per heavy atom. The highest BCUT2D eigenvalue weighted by Crippen LogP contribution is 2.44. The Balaban J connectivity index is 1.10. The third-order valence-corrected chi connectivity index (χ3v) is 11.1. The predicted molar refractivity (Wildman–Crippen MR) is 240 cm³/mol. The smallest absolute Gasteiger partial charge is 0.414 e. The second-order valence-electron chi connectivity index (χ2n) is 16.2. The number of methoxy groups -OCH3 is 2. The molecule has 4 N–H and O–H groups in total. The summed E-state index contributed by atoms with van der Waals surface area (Å²) in [4.78, 5) is 68.1. The zero-order valence-corrected chi connectivity index (χ0v) is 36.9. The van der Waals surface area contributed by atoms with Crippen LogP contribution in [0, 0.1) is 0 Å². The third-order valence-electron chi connectivity index (χ3n) is 11.1. The number of benzene rings is 4. The van der Waals surface area contributed by atoms with Gasteiger partial charge >= 0.3 is 12.1 Å². The van der Waals surface area contributed by atoms with Crippen molar-refractivity contribution < 1.29 is 48.0 Å². The molecule has 6 rings (SSSR count). The summed E-state index contributed by atoms with van der Waals surface area (Å²) in [6.45, 7) is 6.03. The van der Waals surface area contributed by atoms with Gasteiger partial charge in [-0.2, -0.15) is 0 Å². The Morgan fingerprint density at radius 2 is 1.50 bits per heavy atom. The third kappa shape index (κ3) is 12.3. The van der Waals surface area contributed by atoms with Crippen LogP contribution >= 0.6 is 0 Å². The average molecular weight is 876 g/mol. The number of amides is 4. The molecule has 0 aromatic heterocycles. The fourth-order valence-corrected chi connectivity index (χ4v) is 7.68. The first-order valence-corrected chi connectivity index (χ1v) is 21.4. The zero-order valence-electron chi connectivity index (χ0n) is 36.9. The molecule has 0 saturated carbocycles. The number of carbonyl (C=O) groups is 5. The number of carbonyl (C=O) groups excluding carboxylic acids is 5. The van der Waals surface area contributed by atoms with Crippen molar-refractivity contribution in [2.24, 2.45) is 0 Å². The van der Waals surface area contributed by atoms with Gasteiger partial charge in [-0.25, -0.2) is 4.79 Å². The number of unbranched alkanes of at least 4 members (excludes halogenated alkanes) is 1. The molecule has 4 amide bonds. The molecule has 0 fully saturated rings. The standard InChI is InChI=1S/C49H57N5O10/c1-31(2)23-40(52-44(55)17-11-12-18-45(56)62-5)47(58)50-32(3)46(57)51-37-21-19-34(20-22-37)30-64-49(60)54-28-38-24-35-15-9-10-16-36(35)27-53(38)48(59)39-25-42(61-4)43(26-41(39)54)63-29-33-13-7-6-8-14-33/h6-10,13-16,19-23,25-26,32,38,40,48,59H,11-12,17-18,24,27-30H2,1-5H3,(H,50,58)(H,51,57)(H,52,55)/t32-,38-,40?,48?/m0/s1. The van der Waals surface area contributed by atoms with Crippen LogP contribution in [0.1, 0.15) is 80.5 Å². The van der Waals surface area contributed by atoms with Gasteiger partial charge in [-0.3, -0.25) is 29.0 Å². The van der Waals surface area contributed by atoms with Crippen LogP contribution in [0.25, 0.3) is 0 Å². The van der Waals surface area contributed by atoms with E-state index >= 15 is 0 Å². The van der Waals surface area contributed by atoms with E-state index in [0.717, 1.165) is 22.3 Å². The minimum Gasteiger partial charge on any atom is -0.493 e. The first kappa shape index (κ1) is 46.8. The lowest BCUT2D eigenvalue weighted by molar-refractivity contribution is -0.140. The van der Waals surface area contributed by atoms with Gasteiger partial charge in [-0.15, -0.1) is 0 Å². The van der Waals surface area contributed by atoms with E-state index in [-0.39, 0.29) is 50.5 Å². The number of aliphatic hydroxyl groups is 1. The number of nitrogens with zero attached hydrogens (tertiary/aromatic N) is 2. The fourth-order valence-electron chi connectivity index (χ4n) is 7.68. The SMILES string of the molecule is COC(=O)CCCCC(=O)NC(C=C(C)C)C(=O)N[C@@H](C)C(=O)Nc1ccc(COC(=O)N2C[C@@H]3Cc4ccccc4CN3C(O)c3cc(OC)c(OCc4ccccc4)cc32)cc1. The average Bonchev–Trinajstić information content (AvgIpc) is 3.41. The Labute approximate surface area is 373 Å². The molecule has 15 nitrogen and oxygen atoms in total. The molecule has 0 radical (unpaired) electrons. The van der Waals surface area contributed by atoms with Crippen LogP contribution < -0.4 is 30.3 Å². The van der Waals surface area contributed by atoms with Crippen LogP contribution in [-0.4, -0.2) is 78.7 Å². The number of anilines is 2. The summed E-state index contributed by atoms with van der Waals surface area (Å²) < 4.78 is 22.5. The summed E-state index contributed by atoms with van der Waals surface area (Å²) in [5.41, 5.74) is 6.05. The molecule has 0 saturated heterocycles. The molecule has 0 bridgehead atoms. The van der Waals surface area contributed by atoms with Gasteiger partial charge in [0.2, 0.25) is 17.7 Å². The van der Waals surface area contributed by atoms with E-state index in [1.165, 1.54) is 21.1 Å². The molecule has 338 valence electrons. The number of aliphatic hydroxyl groups excluding tert-OH is 1. The van der Waals surface area contributed by atoms with Gasteiger partial charge in [0, 0.05) is 49.3 Å². The second-order valence-corrected chi connectivity index (χ2v) is 16.2. The van der Waals surface area contributed by atoms with Crippen molar-refractivity contribution >= 4 is 41.2 Å². The van der Waals surface area contributed by atoms with Crippen LogP contribution in [0.5, 0.6) is 11.5 Å². The molecule has 4 aromatic rings. The molecule has 64 heavy (non-hydrogen) atoms. The minimum atomic E-state index is -1.05. The maximum atomic E-state index is 14.2. The Bertz CT molecular complexity index is 2310. The molecule has 2 unspecified atom stereocenters. The molecule has 2 aliphatic heterocycles. The Hall–Kier alpha value is -6.71. The summed E-state index contributed by atoms with van der Waals surface area (Å²) in [6.07, 6.45) is 1.79. The number of esters is 1. The van der Waals surface area contributed by atoms with Gasteiger partial charge in [0.05, 0.1) is 19.9 Å². The van der Waals surface area contributed by atoms with E-state index in [9.17, 15) is 29.1 Å². The molecule has 4 atom stereocenters. The van der Waals surface area contributed by atoms with Crippen LogP contribution in [0.15, 0.2) is 103 Å². The van der Waals surface area contributed by atoms with Crippen molar-refractivity contribution in [2.45, 2.75) is 97.0 Å². The number of allylic oxidation sites excluding steroid dienone is 1. The van der Waals surface area contributed by atoms with Gasteiger partial charge in [0.25, 0.3) is 0 Å². The van der Waals surface area contributed by atoms with Gasteiger partial charge in [-0.05, 0) is 80.5 Å². The van der Waals surface area contributed by atoms with Crippen molar-refractivity contribution in [3.05, 3.63) is 130 Å². The highest BCUT2D eigenvalue weighted by atomic mass is 16.6. The van der Waals surface area contributed by atoms with Gasteiger partial charge in [-0.1, -0.05) is 78.4 Å².